The molecule has 0 radical (unpaired) electrons. The Labute approximate surface area is 190 Å². The first-order chi connectivity index (χ1) is 14.2. The van der Waals surface area contributed by atoms with E-state index in [1.807, 2.05) is 0 Å². The summed E-state index contributed by atoms with van der Waals surface area (Å²) in [7, 11) is 0. The van der Waals surface area contributed by atoms with Crippen molar-refractivity contribution in [2.24, 2.45) is 0 Å². The van der Waals surface area contributed by atoms with E-state index in [1.165, 1.54) is 11.1 Å². The molecule has 0 aromatic heterocycles. The van der Waals surface area contributed by atoms with Crippen molar-refractivity contribution in [1.29, 1.82) is 0 Å². The molecule has 2 unspecified atom stereocenters. The maximum Gasteiger partial charge on any atom is 0.122 e. The highest BCUT2D eigenvalue weighted by atomic mass is 16.3. The fraction of sp³-hybridized carbons (Fsp3) is 0.586. The van der Waals surface area contributed by atoms with E-state index in [-0.39, 0.29) is 10.8 Å². The van der Waals surface area contributed by atoms with Crippen LogP contribution in [-0.4, -0.2) is 10.2 Å². The van der Waals surface area contributed by atoms with E-state index in [0.717, 1.165) is 35.1 Å². The van der Waals surface area contributed by atoms with Crippen LogP contribution >= 0.6 is 0 Å². The molecular formula is C29H44O2. The summed E-state index contributed by atoms with van der Waals surface area (Å²) in [6.45, 7) is 21.7. The van der Waals surface area contributed by atoms with Gasteiger partial charge in [0.05, 0.1) is 0 Å². The average molecular weight is 425 g/mol. The Bertz CT molecular complexity index is 834. The first-order valence-corrected chi connectivity index (χ1v) is 11.9. The van der Waals surface area contributed by atoms with E-state index >= 15 is 0 Å². The van der Waals surface area contributed by atoms with Crippen molar-refractivity contribution in [3.8, 4) is 11.5 Å². The van der Waals surface area contributed by atoms with Gasteiger partial charge in [0.2, 0.25) is 0 Å². The summed E-state index contributed by atoms with van der Waals surface area (Å²) < 4.78 is 0. The molecule has 0 aliphatic rings. The maximum atomic E-state index is 11.2. The molecule has 31 heavy (non-hydrogen) atoms. The third kappa shape index (κ3) is 5.64. The average Bonchev–Trinajstić information content (AvgIpc) is 2.67. The predicted molar refractivity (Wildman–Crippen MR) is 134 cm³/mol. The highest BCUT2D eigenvalue weighted by Crippen LogP contribution is 2.41. The van der Waals surface area contributed by atoms with E-state index < -0.39 is 0 Å². The molecule has 0 saturated carbocycles. The van der Waals surface area contributed by atoms with E-state index in [1.54, 1.807) is 0 Å². The van der Waals surface area contributed by atoms with Crippen molar-refractivity contribution in [2.45, 2.75) is 111 Å². The highest BCUT2D eigenvalue weighted by molar-refractivity contribution is 5.54. The van der Waals surface area contributed by atoms with Crippen LogP contribution in [0, 0.1) is 0 Å². The Kier molecular flexibility index (Phi) is 7.56. The second kappa shape index (κ2) is 9.27. The van der Waals surface area contributed by atoms with Gasteiger partial charge < -0.3 is 10.2 Å². The van der Waals surface area contributed by atoms with E-state index in [4.69, 9.17) is 0 Å². The summed E-state index contributed by atoms with van der Waals surface area (Å²) in [5, 5.41) is 22.5. The molecule has 0 spiro atoms. The van der Waals surface area contributed by atoms with Crippen molar-refractivity contribution in [3.05, 3.63) is 57.6 Å². The molecule has 2 aromatic carbocycles. The monoisotopic (exact) mass is 424 g/mol. The number of hydrogen-bond acceptors (Lipinski definition) is 2. The van der Waals surface area contributed by atoms with Gasteiger partial charge in [0.1, 0.15) is 11.5 Å². The molecule has 2 nitrogen and oxygen atoms in total. The minimum absolute atomic E-state index is 0.153. The molecular weight excluding hydrogens is 380 g/mol. The summed E-state index contributed by atoms with van der Waals surface area (Å²) in [6.07, 6.45) is 2.63. The lowest BCUT2D eigenvalue weighted by molar-refractivity contribution is 0.434. The number of hydrogen-bond donors (Lipinski definition) is 2. The van der Waals surface area contributed by atoms with Gasteiger partial charge in [0.15, 0.2) is 0 Å². The van der Waals surface area contributed by atoms with Gasteiger partial charge >= 0.3 is 0 Å². The van der Waals surface area contributed by atoms with Crippen molar-refractivity contribution in [3.63, 3.8) is 0 Å². The summed E-state index contributed by atoms with van der Waals surface area (Å²) in [6, 6.07) is 8.63. The first kappa shape index (κ1) is 25.3. The van der Waals surface area contributed by atoms with Crippen molar-refractivity contribution in [1.82, 2.24) is 0 Å². The Hall–Kier alpha value is -1.96. The van der Waals surface area contributed by atoms with E-state index in [9.17, 15) is 10.2 Å². The van der Waals surface area contributed by atoms with Crippen LogP contribution in [0.2, 0.25) is 0 Å². The first-order valence-electron chi connectivity index (χ1n) is 11.9. The molecule has 0 bridgehead atoms. The van der Waals surface area contributed by atoms with Crippen LogP contribution in [0.3, 0.4) is 0 Å². The molecule has 0 aliphatic carbocycles. The number of phenols is 2. The van der Waals surface area contributed by atoms with Gasteiger partial charge in [-0.1, -0.05) is 93.5 Å². The van der Waals surface area contributed by atoms with E-state index in [0.29, 0.717) is 29.8 Å². The van der Waals surface area contributed by atoms with Gasteiger partial charge in [0, 0.05) is 6.42 Å². The van der Waals surface area contributed by atoms with Crippen LogP contribution in [0.1, 0.15) is 127 Å². The molecule has 2 heteroatoms. The summed E-state index contributed by atoms with van der Waals surface area (Å²) >= 11 is 0. The van der Waals surface area contributed by atoms with Gasteiger partial charge in [-0.3, -0.25) is 0 Å². The molecule has 0 aliphatic heterocycles. The molecule has 2 rings (SSSR count). The Morgan fingerprint density at radius 2 is 0.968 bits per heavy atom. The second-order valence-corrected chi connectivity index (χ2v) is 11.4. The normalized spacial score (nSPS) is 14.5. The second-order valence-electron chi connectivity index (χ2n) is 11.4. The zero-order valence-corrected chi connectivity index (χ0v) is 21.5. The number of phenolic OH excluding ortho intramolecular Hbond substituents is 2. The van der Waals surface area contributed by atoms with Gasteiger partial charge in [-0.05, 0) is 68.9 Å². The fourth-order valence-electron chi connectivity index (χ4n) is 4.10. The number of rotatable bonds is 6. The van der Waals surface area contributed by atoms with Gasteiger partial charge in [0.25, 0.3) is 0 Å². The molecule has 172 valence electrons. The Balaban J connectivity index is 2.72. The molecule has 0 heterocycles. The zero-order chi connectivity index (χ0) is 23.7. The largest absolute Gasteiger partial charge is 0.507 e. The van der Waals surface area contributed by atoms with Crippen LogP contribution in [0.15, 0.2) is 24.3 Å². The minimum atomic E-state index is -0.153. The lowest BCUT2D eigenvalue weighted by atomic mass is 9.79. The molecule has 0 saturated heterocycles. The van der Waals surface area contributed by atoms with Crippen molar-refractivity contribution < 1.29 is 10.2 Å². The standard InChI is InChI=1S/C29H44O2/c1-11-18(3)20-13-22(26(30)24(16-20)28(5,6)7)15-23-14-21(19(4)12-2)17-25(27(23)31)29(8,9)10/h13-14,16-19,30-31H,11-12,15H2,1-10H3. The van der Waals surface area contributed by atoms with Crippen LogP contribution in [0.25, 0.3) is 0 Å². The lowest BCUT2D eigenvalue weighted by Gasteiger charge is -2.27. The topological polar surface area (TPSA) is 40.5 Å². The van der Waals surface area contributed by atoms with Crippen molar-refractivity contribution >= 4 is 0 Å². The smallest absolute Gasteiger partial charge is 0.122 e. The quantitative estimate of drug-likeness (QED) is 0.489. The third-order valence-corrected chi connectivity index (χ3v) is 6.78. The Morgan fingerprint density at radius 1 is 0.645 bits per heavy atom. The minimum Gasteiger partial charge on any atom is -0.507 e. The van der Waals surface area contributed by atoms with Crippen LogP contribution in [-0.2, 0) is 17.3 Å². The van der Waals surface area contributed by atoms with Crippen LogP contribution < -0.4 is 0 Å². The Morgan fingerprint density at radius 3 is 1.23 bits per heavy atom. The third-order valence-electron chi connectivity index (χ3n) is 6.78. The molecule has 2 aromatic rings. The summed E-state index contributed by atoms with van der Waals surface area (Å²) in [5.74, 6) is 1.58. The van der Waals surface area contributed by atoms with Crippen LogP contribution in [0.4, 0.5) is 0 Å². The van der Waals surface area contributed by atoms with Crippen LogP contribution in [0.5, 0.6) is 11.5 Å². The van der Waals surface area contributed by atoms with Gasteiger partial charge in [-0.2, -0.15) is 0 Å². The SMILES string of the molecule is CCC(C)c1cc(Cc2cc(C(C)CC)cc(C(C)(C)C)c2O)c(O)c(C(C)(C)C)c1. The summed E-state index contributed by atoms with van der Waals surface area (Å²) in [5.41, 5.74) is 5.97. The molecule has 2 N–H and O–H groups in total. The lowest BCUT2D eigenvalue weighted by Crippen LogP contribution is -2.15. The summed E-state index contributed by atoms with van der Waals surface area (Å²) in [4.78, 5) is 0. The molecule has 2 atom stereocenters. The van der Waals surface area contributed by atoms with Crippen molar-refractivity contribution in [2.75, 3.05) is 0 Å². The maximum absolute atomic E-state index is 11.2. The number of benzene rings is 2. The van der Waals surface area contributed by atoms with E-state index in [2.05, 4.69) is 93.5 Å². The molecule has 0 amide bonds. The highest BCUT2D eigenvalue weighted by Gasteiger charge is 2.26. The predicted octanol–water partition coefficient (Wildman–Crippen LogP) is 8.31. The fourth-order valence-corrected chi connectivity index (χ4v) is 4.10. The van der Waals surface area contributed by atoms with Gasteiger partial charge in [-0.15, -0.1) is 0 Å². The number of aromatic hydroxyl groups is 2. The molecule has 0 fully saturated rings. The zero-order valence-electron chi connectivity index (χ0n) is 21.5. The van der Waals surface area contributed by atoms with Gasteiger partial charge in [-0.25, -0.2) is 0 Å².